The third kappa shape index (κ3) is 8.88. The van der Waals surface area contributed by atoms with Gasteiger partial charge in [-0.05, 0) is 146 Å². The second-order valence-electron chi connectivity index (χ2n) is 20.1. The molecular weight excluding hydrogens is 791 g/mol. The molecule has 3 saturated carbocycles. The maximum atomic E-state index is 4.93. The molecule has 0 aliphatic heterocycles. The average molecular weight is 863 g/mol. The van der Waals surface area contributed by atoms with E-state index in [1.54, 1.807) is 22.3 Å². The van der Waals surface area contributed by atoms with Crippen molar-refractivity contribution in [1.29, 1.82) is 0 Å². The Morgan fingerprint density at radius 2 is 1.26 bits per heavy atom. The van der Waals surface area contributed by atoms with E-state index in [0.717, 1.165) is 28.8 Å². The normalized spacial score (nSPS) is 29.0. The summed E-state index contributed by atoms with van der Waals surface area (Å²) < 4.78 is 0. The van der Waals surface area contributed by atoms with E-state index in [2.05, 4.69) is 148 Å². The predicted molar refractivity (Wildman–Crippen MR) is 241 cm³/mol. The molecule has 0 bridgehead atoms. The molecule has 0 radical (unpaired) electrons. The Labute approximate surface area is 352 Å². The van der Waals surface area contributed by atoms with Gasteiger partial charge in [0.15, 0.2) is 0 Å². The minimum absolute atomic E-state index is 0. The third-order valence-electron chi connectivity index (χ3n) is 14.3. The van der Waals surface area contributed by atoms with Gasteiger partial charge in [0.05, 0.1) is 8.07 Å². The number of allylic oxidation sites excluding steroid dienone is 8. The molecular formula is C50H72Cl2SiZr. The van der Waals surface area contributed by atoms with Crippen LogP contribution in [0.2, 0.25) is 24.2 Å². The summed E-state index contributed by atoms with van der Waals surface area (Å²) in [5.74, 6) is 4.99. The van der Waals surface area contributed by atoms with E-state index >= 15 is 0 Å². The van der Waals surface area contributed by atoms with Gasteiger partial charge in [-0.25, -0.2) is 0 Å². The zero-order valence-corrected chi connectivity index (χ0v) is 41.1. The fourth-order valence-electron chi connectivity index (χ4n) is 12.1. The summed E-state index contributed by atoms with van der Waals surface area (Å²) in [6, 6.07) is 19.5. The maximum absolute atomic E-state index is 4.93. The molecule has 2 aromatic carbocycles. The Kier molecular flexibility index (Phi) is 15.2. The first-order chi connectivity index (χ1) is 24.5. The van der Waals surface area contributed by atoms with Crippen molar-refractivity contribution in [3.8, 4) is 0 Å². The van der Waals surface area contributed by atoms with Gasteiger partial charge in [-0.1, -0.05) is 148 Å². The van der Waals surface area contributed by atoms with E-state index in [4.69, 9.17) is 17.0 Å². The number of rotatable bonds is 5. The van der Waals surface area contributed by atoms with Gasteiger partial charge in [-0.2, -0.15) is 0 Å². The predicted octanol–water partition coefficient (Wildman–Crippen LogP) is 16.1. The molecule has 8 unspecified atom stereocenters. The van der Waals surface area contributed by atoms with Gasteiger partial charge < -0.3 is 14.9 Å². The van der Waals surface area contributed by atoms with Gasteiger partial charge in [0, 0.05) is 0 Å². The van der Waals surface area contributed by atoms with Crippen molar-refractivity contribution in [1.82, 2.24) is 0 Å². The SMILES string of the molecule is CC(C)C1CC2C(c3ccc(C(C)(C)C)cc3)=CC=CC2C1[Si](C)(C)C1C(C)CC2C(c3ccc(C(C)(C)C)cc3)=C3CCCCC3=CC21.[CH3-].[CH3-].[Cl][Zr+2][Cl]. The van der Waals surface area contributed by atoms with Crippen LogP contribution in [0.4, 0.5) is 0 Å². The molecule has 0 spiro atoms. The number of benzene rings is 2. The standard InChI is InChI=1S/C48H66Si.2CH3.2ClH.Zr/c1-30(2)40-29-41-37(32-19-23-35(24-20-32)47(4,5)6)17-14-18-39(41)46(40)49(10,11)45-31(3)27-42-43(45)28-34-15-12-13-16-38(34)44(42)33-21-25-36(26-22-33)48(7,8)9;;;;;/h14,17-26,28,30-31,39-43,45-46H,12-13,15-16,27,29H2,1-11H3;2*1H3;2*1H;/q;2*-1;;;+4/p-2. The second kappa shape index (κ2) is 17.9. The van der Waals surface area contributed by atoms with Crippen LogP contribution in [0.5, 0.6) is 0 Å². The first-order valence-electron chi connectivity index (χ1n) is 20.5. The van der Waals surface area contributed by atoms with Crippen molar-refractivity contribution < 1.29 is 20.8 Å². The molecule has 0 amide bonds. The average Bonchev–Trinajstić information content (AvgIpc) is 3.65. The Balaban J connectivity index is 0.00000126. The van der Waals surface area contributed by atoms with Gasteiger partial charge in [-0.15, -0.1) is 0 Å². The van der Waals surface area contributed by atoms with Crippen LogP contribution in [-0.2, 0) is 31.7 Å². The fourth-order valence-corrected chi connectivity index (χ4v) is 18.4. The zero-order chi connectivity index (χ0) is 37.7. The van der Waals surface area contributed by atoms with Crippen LogP contribution in [0.15, 0.2) is 84.0 Å². The molecule has 8 atom stereocenters. The second-order valence-corrected chi connectivity index (χ2v) is 28.8. The van der Waals surface area contributed by atoms with Gasteiger partial charge in [0.25, 0.3) is 0 Å². The summed E-state index contributed by atoms with van der Waals surface area (Å²) in [4.78, 5) is 0. The third-order valence-corrected chi connectivity index (χ3v) is 19.5. The van der Waals surface area contributed by atoms with Crippen molar-refractivity contribution in [2.45, 2.75) is 136 Å². The van der Waals surface area contributed by atoms with Crippen molar-refractivity contribution in [3.05, 3.63) is 121 Å². The van der Waals surface area contributed by atoms with Gasteiger partial charge in [0.2, 0.25) is 0 Å². The molecule has 54 heavy (non-hydrogen) atoms. The molecule has 0 heterocycles. The first kappa shape index (κ1) is 45.8. The van der Waals surface area contributed by atoms with E-state index in [0.29, 0.717) is 23.7 Å². The van der Waals surface area contributed by atoms with Crippen LogP contribution >= 0.6 is 17.0 Å². The molecule has 294 valence electrons. The summed E-state index contributed by atoms with van der Waals surface area (Å²) >= 11 is -0.826. The van der Waals surface area contributed by atoms with Gasteiger partial charge in [-0.3, -0.25) is 0 Å². The Hall–Kier alpha value is -0.920. The summed E-state index contributed by atoms with van der Waals surface area (Å²) in [5.41, 5.74) is 14.7. The quantitative estimate of drug-likeness (QED) is 0.208. The zero-order valence-electron chi connectivity index (χ0n) is 36.1. The summed E-state index contributed by atoms with van der Waals surface area (Å²) in [7, 11) is 8.09. The van der Waals surface area contributed by atoms with Gasteiger partial charge >= 0.3 is 37.9 Å². The van der Waals surface area contributed by atoms with E-state index < -0.39 is 28.9 Å². The molecule has 0 nitrogen and oxygen atoms in total. The molecule has 2 aromatic rings. The van der Waals surface area contributed by atoms with Crippen molar-refractivity contribution in [2.24, 2.45) is 41.4 Å². The van der Waals surface area contributed by atoms with Crippen LogP contribution in [0, 0.1) is 56.3 Å². The Morgan fingerprint density at radius 1 is 0.722 bits per heavy atom. The van der Waals surface area contributed by atoms with Crippen molar-refractivity contribution in [3.63, 3.8) is 0 Å². The van der Waals surface area contributed by atoms with E-state index in [1.807, 2.05) is 0 Å². The Bertz CT molecular complexity index is 1690. The Morgan fingerprint density at radius 3 is 1.80 bits per heavy atom. The number of halogens is 2. The van der Waals surface area contributed by atoms with E-state index in [9.17, 15) is 0 Å². The molecule has 5 aliphatic rings. The van der Waals surface area contributed by atoms with Crippen molar-refractivity contribution >= 4 is 36.2 Å². The topological polar surface area (TPSA) is 0 Å². The molecule has 4 heteroatoms. The molecule has 7 rings (SSSR count). The van der Waals surface area contributed by atoms with E-state index in [-0.39, 0.29) is 25.7 Å². The summed E-state index contributed by atoms with van der Waals surface area (Å²) in [6.45, 7) is 27.5. The first-order valence-corrected chi connectivity index (χ1v) is 30.0. The number of fused-ring (bicyclic) bond motifs is 3. The van der Waals surface area contributed by atoms with Crippen molar-refractivity contribution in [2.75, 3.05) is 0 Å². The number of hydrogen-bond donors (Lipinski definition) is 0. The molecule has 0 N–H and O–H groups in total. The molecule has 3 fully saturated rings. The fraction of sp³-hybridized carbons (Fsp3) is 0.560. The van der Waals surface area contributed by atoms with Crippen LogP contribution in [-0.4, -0.2) is 8.07 Å². The van der Waals surface area contributed by atoms with E-state index in [1.165, 1.54) is 60.8 Å². The molecule has 0 saturated heterocycles. The summed E-state index contributed by atoms with van der Waals surface area (Å²) in [5, 5.41) is 0. The number of hydrogen-bond acceptors (Lipinski definition) is 0. The van der Waals surface area contributed by atoms with Crippen LogP contribution in [0.3, 0.4) is 0 Å². The van der Waals surface area contributed by atoms with Crippen LogP contribution in [0.25, 0.3) is 11.1 Å². The minimum atomic E-state index is -1.77. The molecule has 0 aromatic heterocycles. The molecule has 5 aliphatic carbocycles. The van der Waals surface area contributed by atoms with Gasteiger partial charge in [0.1, 0.15) is 0 Å². The monoisotopic (exact) mass is 860 g/mol. The van der Waals surface area contributed by atoms with Crippen LogP contribution < -0.4 is 0 Å². The van der Waals surface area contributed by atoms with Crippen LogP contribution in [0.1, 0.15) is 123 Å². The summed E-state index contributed by atoms with van der Waals surface area (Å²) in [6.07, 6.45) is 18.5.